The third-order valence-electron chi connectivity index (χ3n) is 2.49. The van der Waals surface area contributed by atoms with Gasteiger partial charge < -0.3 is 9.64 Å². The summed E-state index contributed by atoms with van der Waals surface area (Å²) in [6.45, 7) is 7.99. The maximum absolute atomic E-state index is 11.9. The third kappa shape index (κ3) is 2.45. The van der Waals surface area contributed by atoms with Gasteiger partial charge >= 0.3 is 0 Å². The minimum Gasteiger partial charge on any atom is -0.383 e. The van der Waals surface area contributed by atoms with Gasteiger partial charge in [0.05, 0.1) is 12.1 Å². The van der Waals surface area contributed by atoms with Crippen molar-refractivity contribution in [3.8, 4) is 0 Å². The van der Waals surface area contributed by atoms with Crippen LogP contribution in [0.15, 0.2) is 0 Å². The molecule has 1 unspecified atom stereocenters. The largest absolute Gasteiger partial charge is 0.383 e. The standard InChI is InChI=1S/C10H20N2O2/c1-8-7-12(5-6-14-4)9(13)10(2,3)11-8/h8,11H,5-7H2,1-4H3. The molecule has 4 nitrogen and oxygen atoms in total. The maximum atomic E-state index is 11.9. The fraction of sp³-hybridized carbons (Fsp3) is 0.900. The van der Waals surface area contributed by atoms with Crippen molar-refractivity contribution in [3.63, 3.8) is 0 Å². The SMILES string of the molecule is COCCN1CC(C)NC(C)(C)C1=O. The van der Waals surface area contributed by atoms with Crippen LogP contribution in [0, 0.1) is 0 Å². The number of rotatable bonds is 3. The summed E-state index contributed by atoms with van der Waals surface area (Å²) in [5.41, 5.74) is -0.439. The minimum atomic E-state index is -0.439. The Hall–Kier alpha value is -0.610. The van der Waals surface area contributed by atoms with Crippen molar-refractivity contribution in [3.05, 3.63) is 0 Å². The highest BCUT2D eigenvalue weighted by molar-refractivity contribution is 5.86. The highest BCUT2D eigenvalue weighted by Crippen LogP contribution is 2.15. The van der Waals surface area contributed by atoms with Crippen LogP contribution in [-0.4, -0.2) is 49.2 Å². The van der Waals surface area contributed by atoms with E-state index in [1.54, 1.807) is 7.11 Å². The predicted molar refractivity (Wildman–Crippen MR) is 55.1 cm³/mol. The number of ether oxygens (including phenoxy) is 1. The summed E-state index contributed by atoms with van der Waals surface area (Å²) in [6.07, 6.45) is 0. The van der Waals surface area contributed by atoms with Crippen molar-refractivity contribution in [2.75, 3.05) is 26.8 Å². The number of nitrogens with one attached hydrogen (secondary N) is 1. The molecule has 1 N–H and O–H groups in total. The van der Waals surface area contributed by atoms with E-state index in [4.69, 9.17) is 4.74 Å². The minimum absolute atomic E-state index is 0.160. The van der Waals surface area contributed by atoms with Crippen molar-refractivity contribution < 1.29 is 9.53 Å². The number of methoxy groups -OCH3 is 1. The van der Waals surface area contributed by atoms with Crippen molar-refractivity contribution in [2.24, 2.45) is 0 Å². The fourth-order valence-corrected chi connectivity index (χ4v) is 1.93. The molecule has 0 bridgehead atoms. The van der Waals surface area contributed by atoms with E-state index in [0.29, 0.717) is 19.2 Å². The first-order valence-corrected chi connectivity index (χ1v) is 5.03. The van der Waals surface area contributed by atoms with E-state index >= 15 is 0 Å². The Kier molecular flexibility index (Phi) is 3.50. The highest BCUT2D eigenvalue weighted by Gasteiger charge is 2.37. The van der Waals surface area contributed by atoms with Crippen LogP contribution in [0.4, 0.5) is 0 Å². The molecular formula is C10H20N2O2. The van der Waals surface area contributed by atoms with Gasteiger partial charge in [-0.15, -0.1) is 0 Å². The van der Waals surface area contributed by atoms with Gasteiger partial charge in [0.15, 0.2) is 0 Å². The molecule has 0 saturated carbocycles. The summed E-state index contributed by atoms with van der Waals surface area (Å²) in [5, 5.41) is 3.28. The van der Waals surface area contributed by atoms with Crippen LogP contribution >= 0.6 is 0 Å². The molecule has 1 rings (SSSR count). The topological polar surface area (TPSA) is 41.6 Å². The Morgan fingerprint density at radius 3 is 2.86 bits per heavy atom. The summed E-state index contributed by atoms with van der Waals surface area (Å²) in [4.78, 5) is 13.8. The third-order valence-corrected chi connectivity index (χ3v) is 2.49. The molecule has 82 valence electrons. The van der Waals surface area contributed by atoms with Crippen LogP contribution in [0.3, 0.4) is 0 Å². The lowest BCUT2D eigenvalue weighted by molar-refractivity contribution is -0.141. The van der Waals surface area contributed by atoms with E-state index in [0.717, 1.165) is 6.54 Å². The van der Waals surface area contributed by atoms with Crippen LogP contribution in [-0.2, 0) is 9.53 Å². The predicted octanol–water partition coefficient (Wildman–Crippen LogP) is 0.232. The molecule has 0 aromatic heterocycles. The van der Waals surface area contributed by atoms with E-state index in [1.165, 1.54) is 0 Å². The zero-order valence-corrected chi connectivity index (χ0v) is 9.46. The second-order valence-electron chi connectivity index (χ2n) is 4.41. The zero-order valence-electron chi connectivity index (χ0n) is 9.46. The average molecular weight is 200 g/mol. The first kappa shape index (κ1) is 11.5. The number of carbonyl (C=O) groups is 1. The number of piperazine rings is 1. The monoisotopic (exact) mass is 200 g/mol. The second-order valence-corrected chi connectivity index (χ2v) is 4.41. The summed E-state index contributed by atoms with van der Waals surface area (Å²) in [6, 6.07) is 0.347. The van der Waals surface area contributed by atoms with E-state index in [1.807, 2.05) is 18.7 Å². The fourth-order valence-electron chi connectivity index (χ4n) is 1.93. The van der Waals surface area contributed by atoms with E-state index in [-0.39, 0.29) is 5.91 Å². The molecule has 1 amide bonds. The Morgan fingerprint density at radius 1 is 1.64 bits per heavy atom. The smallest absolute Gasteiger partial charge is 0.242 e. The van der Waals surface area contributed by atoms with Crippen LogP contribution in [0.25, 0.3) is 0 Å². The number of hydrogen-bond donors (Lipinski definition) is 1. The molecular weight excluding hydrogens is 180 g/mol. The van der Waals surface area contributed by atoms with Gasteiger partial charge in [-0.1, -0.05) is 0 Å². The molecule has 0 aromatic rings. The number of carbonyl (C=O) groups excluding carboxylic acids is 1. The van der Waals surface area contributed by atoms with Crippen molar-refractivity contribution in [2.45, 2.75) is 32.4 Å². The second kappa shape index (κ2) is 4.28. The van der Waals surface area contributed by atoms with Crippen molar-refractivity contribution >= 4 is 5.91 Å². The molecule has 0 radical (unpaired) electrons. The number of nitrogens with zero attached hydrogens (tertiary/aromatic N) is 1. The molecule has 0 aromatic carbocycles. The van der Waals surface area contributed by atoms with Gasteiger partial charge in [-0.25, -0.2) is 0 Å². The van der Waals surface area contributed by atoms with Gasteiger partial charge in [-0.2, -0.15) is 0 Å². The van der Waals surface area contributed by atoms with E-state index in [9.17, 15) is 4.79 Å². The molecule has 0 aliphatic carbocycles. The lowest BCUT2D eigenvalue weighted by atomic mass is 9.98. The molecule has 14 heavy (non-hydrogen) atoms. The Balaban J connectivity index is 2.61. The van der Waals surface area contributed by atoms with Crippen molar-refractivity contribution in [1.82, 2.24) is 10.2 Å². The van der Waals surface area contributed by atoms with Gasteiger partial charge in [0, 0.05) is 26.2 Å². The first-order chi connectivity index (χ1) is 6.47. The Morgan fingerprint density at radius 2 is 2.29 bits per heavy atom. The lowest BCUT2D eigenvalue weighted by Gasteiger charge is -2.41. The van der Waals surface area contributed by atoms with Crippen LogP contribution in [0.2, 0.25) is 0 Å². The molecule has 1 fully saturated rings. The van der Waals surface area contributed by atoms with Gasteiger partial charge in [-0.05, 0) is 20.8 Å². The quantitative estimate of drug-likeness (QED) is 0.709. The summed E-state index contributed by atoms with van der Waals surface area (Å²) in [7, 11) is 1.65. The highest BCUT2D eigenvalue weighted by atomic mass is 16.5. The van der Waals surface area contributed by atoms with Gasteiger partial charge in [0.25, 0.3) is 0 Å². The normalized spacial score (nSPS) is 26.7. The molecule has 1 saturated heterocycles. The molecule has 1 atom stereocenters. The number of hydrogen-bond acceptors (Lipinski definition) is 3. The summed E-state index contributed by atoms with van der Waals surface area (Å²) in [5.74, 6) is 0.160. The molecule has 1 aliphatic rings. The van der Waals surface area contributed by atoms with E-state index in [2.05, 4.69) is 12.2 Å². The zero-order chi connectivity index (χ0) is 10.8. The van der Waals surface area contributed by atoms with Gasteiger partial charge in [0.2, 0.25) is 5.91 Å². The molecule has 4 heteroatoms. The first-order valence-electron chi connectivity index (χ1n) is 5.03. The van der Waals surface area contributed by atoms with E-state index < -0.39 is 5.54 Å². The molecule has 1 heterocycles. The summed E-state index contributed by atoms with van der Waals surface area (Å²) < 4.78 is 4.98. The van der Waals surface area contributed by atoms with Gasteiger partial charge in [-0.3, -0.25) is 10.1 Å². The number of amides is 1. The van der Waals surface area contributed by atoms with Crippen LogP contribution in [0.5, 0.6) is 0 Å². The van der Waals surface area contributed by atoms with Gasteiger partial charge in [0.1, 0.15) is 0 Å². The summed E-state index contributed by atoms with van der Waals surface area (Å²) >= 11 is 0. The Bertz CT molecular complexity index is 216. The van der Waals surface area contributed by atoms with Crippen molar-refractivity contribution in [1.29, 1.82) is 0 Å². The Labute approximate surface area is 85.6 Å². The van der Waals surface area contributed by atoms with Crippen LogP contribution in [0.1, 0.15) is 20.8 Å². The maximum Gasteiger partial charge on any atom is 0.242 e. The van der Waals surface area contributed by atoms with Crippen LogP contribution < -0.4 is 5.32 Å². The molecule has 0 spiro atoms. The average Bonchev–Trinajstić information content (AvgIpc) is 2.08. The molecule has 1 aliphatic heterocycles. The lowest BCUT2D eigenvalue weighted by Crippen LogP contribution is -2.65.